The van der Waals surface area contributed by atoms with Crippen LogP contribution in [0.3, 0.4) is 0 Å². The summed E-state index contributed by atoms with van der Waals surface area (Å²) in [7, 11) is 3.83. The minimum atomic E-state index is -0.377. The first kappa shape index (κ1) is 20.9. The van der Waals surface area contributed by atoms with Crippen molar-refractivity contribution in [3.8, 4) is 5.75 Å². The fourth-order valence-corrected chi connectivity index (χ4v) is 2.64. The molecule has 0 spiro atoms. The summed E-state index contributed by atoms with van der Waals surface area (Å²) < 4.78 is 5.51. The summed E-state index contributed by atoms with van der Waals surface area (Å²) in [6, 6.07) is 12.0. The zero-order chi connectivity index (χ0) is 19.8. The highest BCUT2D eigenvalue weighted by Crippen LogP contribution is 2.27. The minimum absolute atomic E-state index is 0.199. The lowest BCUT2D eigenvalue weighted by Gasteiger charge is -2.13. The molecule has 144 valence electrons. The summed E-state index contributed by atoms with van der Waals surface area (Å²) in [5, 5.41) is 0.943. The number of rotatable bonds is 7. The van der Waals surface area contributed by atoms with Gasteiger partial charge in [0.15, 0.2) is 0 Å². The quantitative estimate of drug-likeness (QED) is 0.540. The molecule has 27 heavy (non-hydrogen) atoms. The Hall–Kier alpha value is -2.44. The summed E-state index contributed by atoms with van der Waals surface area (Å²) in [5.74, 6) is -0.173. The van der Waals surface area contributed by atoms with Crippen LogP contribution in [-0.4, -0.2) is 32.5 Å². The van der Waals surface area contributed by atoms with Crippen LogP contribution in [0.15, 0.2) is 42.5 Å². The van der Waals surface area contributed by atoms with Crippen molar-refractivity contribution >= 4 is 40.7 Å². The second kappa shape index (κ2) is 10.0. The van der Waals surface area contributed by atoms with Crippen LogP contribution < -0.4 is 20.5 Å². The molecule has 2 rings (SSSR count). The highest BCUT2D eigenvalue weighted by molar-refractivity contribution is 6.35. The predicted octanol–water partition coefficient (Wildman–Crippen LogP) is 3.68. The van der Waals surface area contributed by atoms with Crippen LogP contribution in [0.25, 0.3) is 0 Å². The molecule has 0 aromatic heterocycles. The summed E-state index contributed by atoms with van der Waals surface area (Å²) in [6.45, 7) is 0.314. The number of halogens is 2. The van der Waals surface area contributed by atoms with Crippen LogP contribution in [0.2, 0.25) is 10.0 Å². The predicted molar refractivity (Wildman–Crippen MR) is 108 cm³/mol. The summed E-state index contributed by atoms with van der Waals surface area (Å²) in [4.78, 5) is 25.8. The number of hydrazine groups is 1. The van der Waals surface area contributed by atoms with E-state index in [1.165, 1.54) is 0 Å². The van der Waals surface area contributed by atoms with Gasteiger partial charge in [0.2, 0.25) is 5.91 Å². The van der Waals surface area contributed by atoms with Gasteiger partial charge in [0, 0.05) is 36.8 Å². The lowest BCUT2D eigenvalue weighted by molar-refractivity contribution is -0.122. The number of nitrogens with zero attached hydrogens (tertiary/aromatic N) is 1. The van der Waals surface area contributed by atoms with Crippen LogP contribution in [0.4, 0.5) is 5.69 Å². The van der Waals surface area contributed by atoms with Crippen molar-refractivity contribution in [2.45, 2.75) is 12.8 Å². The van der Waals surface area contributed by atoms with Crippen LogP contribution in [-0.2, 0) is 4.79 Å². The third kappa shape index (κ3) is 6.66. The van der Waals surface area contributed by atoms with E-state index in [0.29, 0.717) is 34.4 Å². The first-order chi connectivity index (χ1) is 12.9. The Morgan fingerprint density at radius 2 is 1.74 bits per heavy atom. The molecular formula is C19H21Cl2N3O3. The van der Waals surface area contributed by atoms with E-state index in [-0.39, 0.29) is 18.2 Å². The zero-order valence-electron chi connectivity index (χ0n) is 15.1. The van der Waals surface area contributed by atoms with Crippen molar-refractivity contribution in [1.29, 1.82) is 0 Å². The van der Waals surface area contributed by atoms with E-state index in [0.717, 1.165) is 5.69 Å². The summed E-state index contributed by atoms with van der Waals surface area (Å²) in [5.41, 5.74) is 6.22. The number of amides is 2. The maximum absolute atomic E-state index is 12.0. The molecule has 0 aliphatic carbocycles. The largest absolute Gasteiger partial charge is 0.492 e. The van der Waals surface area contributed by atoms with Gasteiger partial charge in [-0.3, -0.25) is 20.4 Å². The molecule has 6 nitrogen and oxygen atoms in total. The normalized spacial score (nSPS) is 10.2. The van der Waals surface area contributed by atoms with Crippen LogP contribution in [0, 0.1) is 0 Å². The van der Waals surface area contributed by atoms with Gasteiger partial charge in [0.1, 0.15) is 5.75 Å². The van der Waals surface area contributed by atoms with Gasteiger partial charge in [-0.1, -0.05) is 23.2 Å². The number of carbonyl (C=O) groups excluding carboxylic acids is 2. The first-order valence-corrected chi connectivity index (χ1v) is 9.07. The number of nitrogens with one attached hydrogen (secondary N) is 2. The van der Waals surface area contributed by atoms with Crippen LogP contribution >= 0.6 is 23.2 Å². The van der Waals surface area contributed by atoms with Gasteiger partial charge < -0.3 is 9.64 Å². The van der Waals surface area contributed by atoms with Crippen molar-refractivity contribution in [3.63, 3.8) is 0 Å². The Bertz CT molecular complexity index is 795. The monoisotopic (exact) mass is 409 g/mol. The molecule has 0 saturated carbocycles. The molecule has 0 radical (unpaired) electrons. The molecule has 0 aliphatic heterocycles. The Morgan fingerprint density at radius 3 is 2.37 bits per heavy atom. The average molecular weight is 410 g/mol. The summed E-state index contributed by atoms with van der Waals surface area (Å²) in [6.07, 6.45) is 0.670. The number of hydrogen-bond acceptors (Lipinski definition) is 4. The Kier molecular flexibility index (Phi) is 7.76. The van der Waals surface area contributed by atoms with E-state index in [1.54, 1.807) is 30.3 Å². The van der Waals surface area contributed by atoms with Gasteiger partial charge in [-0.2, -0.15) is 0 Å². The molecule has 0 atom stereocenters. The second-order valence-electron chi connectivity index (χ2n) is 5.97. The Balaban J connectivity index is 1.69. The molecule has 2 aromatic carbocycles. The molecule has 2 amide bonds. The number of carbonyl (C=O) groups is 2. The number of anilines is 1. The SMILES string of the molecule is CN(C)c1ccc(C(=O)NNC(=O)CCCOc2ccc(Cl)cc2Cl)cc1. The van der Waals surface area contributed by atoms with E-state index in [9.17, 15) is 9.59 Å². The zero-order valence-corrected chi connectivity index (χ0v) is 16.6. The molecule has 2 aromatic rings. The molecule has 0 unspecified atom stereocenters. The molecule has 0 heterocycles. The molecule has 2 N–H and O–H groups in total. The van der Waals surface area contributed by atoms with Crippen molar-refractivity contribution < 1.29 is 14.3 Å². The number of ether oxygens (including phenoxy) is 1. The van der Waals surface area contributed by atoms with Crippen molar-refractivity contribution in [1.82, 2.24) is 10.9 Å². The van der Waals surface area contributed by atoms with Gasteiger partial charge in [-0.25, -0.2) is 0 Å². The fourth-order valence-electron chi connectivity index (χ4n) is 2.18. The number of benzene rings is 2. The van der Waals surface area contributed by atoms with E-state index >= 15 is 0 Å². The van der Waals surface area contributed by atoms with Gasteiger partial charge >= 0.3 is 0 Å². The minimum Gasteiger partial charge on any atom is -0.492 e. The maximum Gasteiger partial charge on any atom is 0.269 e. The highest BCUT2D eigenvalue weighted by Gasteiger charge is 2.08. The third-order valence-corrected chi connectivity index (χ3v) is 4.19. The van der Waals surface area contributed by atoms with Gasteiger partial charge in [0.25, 0.3) is 5.91 Å². The van der Waals surface area contributed by atoms with Crippen LogP contribution in [0.5, 0.6) is 5.75 Å². The lowest BCUT2D eigenvalue weighted by atomic mass is 10.2. The molecule has 0 fully saturated rings. The van der Waals surface area contributed by atoms with Gasteiger partial charge in [0.05, 0.1) is 11.6 Å². The highest BCUT2D eigenvalue weighted by atomic mass is 35.5. The molecule has 0 aliphatic rings. The van der Waals surface area contributed by atoms with Crippen molar-refractivity contribution in [2.24, 2.45) is 0 Å². The van der Waals surface area contributed by atoms with E-state index in [1.807, 2.05) is 31.1 Å². The molecule has 0 saturated heterocycles. The van der Waals surface area contributed by atoms with Crippen molar-refractivity contribution in [3.05, 3.63) is 58.1 Å². The third-order valence-electron chi connectivity index (χ3n) is 3.66. The molecule has 8 heteroatoms. The smallest absolute Gasteiger partial charge is 0.269 e. The Labute approximate surface area is 168 Å². The van der Waals surface area contributed by atoms with Crippen LogP contribution in [0.1, 0.15) is 23.2 Å². The molecule has 0 bridgehead atoms. The lowest BCUT2D eigenvalue weighted by Crippen LogP contribution is -2.41. The number of hydrogen-bond donors (Lipinski definition) is 2. The van der Waals surface area contributed by atoms with Crippen molar-refractivity contribution in [2.75, 3.05) is 25.6 Å². The van der Waals surface area contributed by atoms with Gasteiger partial charge in [-0.05, 0) is 48.9 Å². The Morgan fingerprint density at radius 1 is 1.04 bits per heavy atom. The second-order valence-corrected chi connectivity index (χ2v) is 6.81. The topological polar surface area (TPSA) is 70.7 Å². The van der Waals surface area contributed by atoms with E-state index in [2.05, 4.69) is 10.9 Å². The maximum atomic E-state index is 12.0. The van der Waals surface area contributed by atoms with E-state index < -0.39 is 0 Å². The molecular weight excluding hydrogens is 389 g/mol. The van der Waals surface area contributed by atoms with E-state index in [4.69, 9.17) is 27.9 Å². The standard InChI is InChI=1S/C19H21Cl2N3O3/c1-24(2)15-8-5-13(6-9-15)19(26)23-22-18(25)4-3-11-27-17-10-7-14(20)12-16(17)21/h5-10,12H,3-4,11H2,1-2H3,(H,22,25)(H,23,26). The van der Waals surface area contributed by atoms with Gasteiger partial charge in [-0.15, -0.1) is 0 Å². The summed E-state index contributed by atoms with van der Waals surface area (Å²) >= 11 is 11.8. The fraction of sp³-hybridized carbons (Fsp3) is 0.263. The average Bonchev–Trinajstić information content (AvgIpc) is 2.64. The first-order valence-electron chi connectivity index (χ1n) is 8.31.